The van der Waals surface area contributed by atoms with E-state index < -0.39 is 5.97 Å². The SMILES string of the molecule is O=C(O)CCCCCCCNC(=O)C1CCCc2ccccc21. The molecule has 4 heteroatoms. The number of unbranched alkanes of at least 4 members (excludes halogenated alkanes) is 4. The van der Waals surface area contributed by atoms with E-state index in [1.54, 1.807) is 0 Å². The lowest BCUT2D eigenvalue weighted by molar-refractivity contribution is -0.137. The van der Waals surface area contributed by atoms with Gasteiger partial charge in [0.15, 0.2) is 0 Å². The number of carboxylic acids is 1. The lowest BCUT2D eigenvalue weighted by atomic mass is 9.82. The van der Waals surface area contributed by atoms with Crippen molar-refractivity contribution >= 4 is 11.9 Å². The zero-order valence-electron chi connectivity index (χ0n) is 13.7. The molecule has 0 aromatic heterocycles. The normalized spacial score (nSPS) is 16.6. The van der Waals surface area contributed by atoms with Gasteiger partial charge in [-0.15, -0.1) is 0 Å². The maximum absolute atomic E-state index is 12.4. The maximum Gasteiger partial charge on any atom is 0.303 e. The zero-order chi connectivity index (χ0) is 16.5. The van der Waals surface area contributed by atoms with Crippen molar-refractivity contribution < 1.29 is 14.7 Å². The molecule has 0 aliphatic heterocycles. The maximum atomic E-state index is 12.4. The van der Waals surface area contributed by atoms with Gasteiger partial charge in [0.2, 0.25) is 5.91 Å². The number of hydrogen-bond acceptors (Lipinski definition) is 2. The second-order valence-corrected chi connectivity index (χ2v) is 6.35. The Bertz CT molecular complexity index is 527. The predicted octanol–water partition coefficient (Wildman–Crippen LogP) is 3.65. The molecule has 0 fully saturated rings. The fourth-order valence-corrected chi connectivity index (χ4v) is 3.29. The van der Waals surface area contributed by atoms with Gasteiger partial charge in [0.1, 0.15) is 0 Å². The summed E-state index contributed by atoms with van der Waals surface area (Å²) in [4.78, 5) is 22.8. The second kappa shape index (κ2) is 9.33. The number of rotatable bonds is 9. The molecule has 126 valence electrons. The van der Waals surface area contributed by atoms with E-state index in [1.807, 2.05) is 12.1 Å². The molecular formula is C19H27NO3. The van der Waals surface area contributed by atoms with Crippen molar-refractivity contribution in [2.45, 2.75) is 63.7 Å². The number of aliphatic carboxylic acids is 1. The fourth-order valence-electron chi connectivity index (χ4n) is 3.29. The molecular weight excluding hydrogens is 290 g/mol. The molecule has 2 rings (SSSR count). The van der Waals surface area contributed by atoms with Crippen LogP contribution in [0.2, 0.25) is 0 Å². The minimum absolute atomic E-state index is 0.00974. The van der Waals surface area contributed by atoms with E-state index in [0.717, 1.165) is 57.9 Å². The topological polar surface area (TPSA) is 66.4 Å². The highest BCUT2D eigenvalue weighted by Gasteiger charge is 2.25. The summed E-state index contributed by atoms with van der Waals surface area (Å²) in [7, 11) is 0. The van der Waals surface area contributed by atoms with Crippen molar-refractivity contribution in [2.75, 3.05) is 6.54 Å². The number of carboxylic acid groups (broad SMARTS) is 1. The van der Waals surface area contributed by atoms with Crippen LogP contribution in [0, 0.1) is 0 Å². The van der Waals surface area contributed by atoms with Crippen LogP contribution in [-0.4, -0.2) is 23.5 Å². The minimum atomic E-state index is -0.718. The van der Waals surface area contributed by atoms with Gasteiger partial charge < -0.3 is 10.4 Å². The average molecular weight is 317 g/mol. The summed E-state index contributed by atoms with van der Waals surface area (Å²) < 4.78 is 0. The van der Waals surface area contributed by atoms with Crippen molar-refractivity contribution in [3.05, 3.63) is 35.4 Å². The molecule has 0 saturated carbocycles. The number of nitrogens with one attached hydrogen (secondary N) is 1. The van der Waals surface area contributed by atoms with Crippen molar-refractivity contribution in [3.63, 3.8) is 0 Å². The van der Waals surface area contributed by atoms with E-state index in [4.69, 9.17) is 5.11 Å². The first kappa shape index (κ1) is 17.5. The zero-order valence-corrected chi connectivity index (χ0v) is 13.7. The van der Waals surface area contributed by atoms with Gasteiger partial charge in [0.25, 0.3) is 0 Å². The molecule has 1 unspecified atom stereocenters. The van der Waals surface area contributed by atoms with Crippen LogP contribution >= 0.6 is 0 Å². The first-order valence-corrected chi connectivity index (χ1v) is 8.76. The fraction of sp³-hybridized carbons (Fsp3) is 0.579. The van der Waals surface area contributed by atoms with Crippen LogP contribution in [0.3, 0.4) is 0 Å². The van der Waals surface area contributed by atoms with Gasteiger partial charge in [-0.1, -0.05) is 43.5 Å². The third-order valence-electron chi connectivity index (χ3n) is 4.55. The van der Waals surface area contributed by atoms with E-state index in [1.165, 1.54) is 11.1 Å². The Hall–Kier alpha value is -1.84. The van der Waals surface area contributed by atoms with Gasteiger partial charge in [-0.3, -0.25) is 9.59 Å². The van der Waals surface area contributed by atoms with Gasteiger partial charge in [0.05, 0.1) is 5.92 Å². The first-order chi connectivity index (χ1) is 11.2. The Morgan fingerprint density at radius 3 is 2.65 bits per heavy atom. The standard InChI is InChI=1S/C19H27NO3/c21-18(22)13-4-2-1-3-7-14-20-19(23)17-12-8-10-15-9-5-6-11-16(15)17/h5-6,9,11,17H,1-4,7-8,10,12-14H2,(H,20,23)(H,21,22). The molecule has 0 spiro atoms. The Labute approximate surface area is 138 Å². The van der Waals surface area contributed by atoms with E-state index in [0.29, 0.717) is 0 Å². The van der Waals surface area contributed by atoms with Gasteiger partial charge >= 0.3 is 5.97 Å². The van der Waals surface area contributed by atoms with E-state index in [2.05, 4.69) is 17.4 Å². The van der Waals surface area contributed by atoms with Crippen LogP contribution < -0.4 is 5.32 Å². The van der Waals surface area contributed by atoms with Crippen molar-refractivity contribution in [1.29, 1.82) is 0 Å². The molecule has 1 aliphatic carbocycles. The highest BCUT2D eigenvalue weighted by molar-refractivity contribution is 5.84. The molecule has 0 heterocycles. The average Bonchev–Trinajstić information content (AvgIpc) is 2.56. The van der Waals surface area contributed by atoms with Gasteiger partial charge in [-0.25, -0.2) is 0 Å². The van der Waals surface area contributed by atoms with Gasteiger partial charge in [-0.2, -0.15) is 0 Å². The summed E-state index contributed by atoms with van der Waals surface area (Å²) in [6, 6.07) is 8.28. The van der Waals surface area contributed by atoms with Gasteiger partial charge in [0, 0.05) is 13.0 Å². The number of hydrogen-bond donors (Lipinski definition) is 2. The smallest absolute Gasteiger partial charge is 0.303 e. The Balaban J connectivity index is 1.63. The molecule has 1 aromatic carbocycles. The van der Waals surface area contributed by atoms with Crippen LogP contribution in [-0.2, 0) is 16.0 Å². The van der Waals surface area contributed by atoms with Crippen LogP contribution in [0.1, 0.15) is 68.4 Å². The third-order valence-corrected chi connectivity index (χ3v) is 4.55. The van der Waals surface area contributed by atoms with E-state index >= 15 is 0 Å². The molecule has 0 saturated heterocycles. The van der Waals surface area contributed by atoms with Crippen molar-refractivity contribution in [3.8, 4) is 0 Å². The van der Waals surface area contributed by atoms with E-state index in [9.17, 15) is 9.59 Å². The first-order valence-electron chi connectivity index (χ1n) is 8.76. The summed E-state index contributed by atoms with van der Waals surface area (Å²) in [5.74, 6) is -0.552. The lowest BCUT2D eigenvalue weighted by Crippen LogP contribution is -2.32. The molecule has 0 radical (unpaired) electrons. The number of aryl methyl sites for hydroxylation is 1. The van der Waals surface area contributed by atoms with Crippen LogP contribution in [0.5, 0.6) is 0 Å². The van der Waals surface area contributed by atoms with Crippen LogP contribution in [0.25, 0.3) is 0 Å². The lowest BCUT2D eigenvalue weighted by Gasteiger charge is -2.24. The largest absolute Gasteiger partial charge is 0.481 e. The summed E-state index contributed by atoms with van der Waals surface area (Å²) in [5, 5.41) is 11.6. The summed E-state index contributed by atoms with van der Waals surface area (Å²) in [5.41, 5.74) is 2.52. The quantitative estimate of drug-likeness (QED) is 0.683. The molecule has 4 nitrogen and oxygen atoms in total. The van der Waals surface area contributed by atoms with Crippen molar-refractivity contribution in [1.82, 2.24) is 5.32 Å². The highest BCUT2D eigenvalue weighted by Crippen LogP contribution is 2.31. The van der Waals surface area contributed by atoms with Crippen LogP contribution in [0.4, 0.5) is 0 Å². The molecule has 1 atom stereocenters. The number of benzene rings is 1. The molecule has 1 amide bonds. The monoisotopic (exact) mass is 317 g/mol. The third kappa shape index (κ3) is 5.70. The highest BCUT2D eigenvalue weighted by atomic mass is 16.4. The number of fused-ring (bicyclic) bond motifs is 1. The van der Waals surface area contributed by atoms with Crippen molar-refractivity contribution in [2.24, 2.45) is 0 Å². The molecule has 0 bridgehead atoms. The molecule has 1 aromatic rings. The minimum Gasteiger partial charge on any atom is -0.481 e. The number of carbonyl (C=O) groups excluding carboxylic acids is 1. The summed E-state index contributed by atoms with van der Waals surface area (Å²) in [6.45, 7) is 0.719. The summed E-state index contributed by atoms with van der Waals surface area (Å²) >= 11 is 0. The second-order valence-electron chi connectivity index (χ2n) is 6.35. The molecule has 2 N–H and O–H groups in total. The molecule has 23 heavy (non-hydrogen) atoms. The van der Waals surface area contributed by atoms with Gasteiger partial charge in [-0.05, 0) is 43.2 Å². The summed E-state index contributed by atoms with van der Waals surface area (Å²) in [6.07, 6.45) is 8.12. The van der Waals surface area contributed by atoms with E-state index in [-0.39, 0.29) is 18.2 Å². The number of carbonyl (C=O) groups is 2. The predicted molar refractivity (Wildman–Crippen MR) is 90.5 cm³/mol. The Morgan fingerprint density at radius 1 is 1.09 bits per heavy atom. The Morgan fingerprint density at radius 2 is 1.83 bits per heavy atom. The molecule has 1 aliphatic rings. The Kier molecular flexibility index (Phi) is 7.11. The number of amides is 1. The van der Waals surface area contributed by atoms with Crippen LogP contribution in [0.15, 0.2) is 24.3 Å².